The second-order valence-electron chi connectivity index (χ2n) is 6.85. The van der Waals surface area contributed by atoms with Gasteiger partial charge >= 0.3 is 0 Å². The number of sulfonamides is 1. The van der Waals surface area contributed by atoms with E-state index in [1.165, 1.54) is 0 Å². The molecule has 0 aliphatic heterocycles. The van der Waals surface area contributed by atoms with E-state index in [0.717, 1.165) is 29.7 Å². The van der Waals surface area contributed by atoms with E-state index in [9.17, 15) is 8.42 Å². The Labute approximate surface area is 150 Å². The van der Waals surface area contributed by atoms with Gasteiger partial charge in [0.1, 0.15) is 5.75 Å². The van der Waals surface area contributed by atoms with Crippen LogP contribution in [0, 0.1) is 0 Å². The Balaban J connectivity index is 1.85. The smallest absolute Gasteiger partial charge is 0.243 e. The van der Waals surface area contributed by atoms with E-state index in [-0.39, 0.29) is 6.04 Å². The number of hydrogen-bond acceptors (Lipinski definition) is 3. The van der Waals surface area contributed by atoms with Crippen molar-refractivity contribution in [2.24, 2.45) is 0 Å². The van der Waals surface area contributed by atoms with Crippen molar-refractivity contribution >= 4 is 10.0 Å². The van der Waals surface area contributed by atoms with E-state index in [2.05, 4.69) is 13.8 Å². The standard InChI is InChI=1S/C20H25NO3S/c1-15(2)17-6-12-20(13-7-17)25(22,23)21(18-8-9-18)14-16-4-10-19(24-3)11-5-16/h4-7,10-13,15,18H,8-9,14H2,1-3H3. The summed E-state index contributed by atoms with van der Waals surface area (Å²) in [7, 11) is -1.87. The zero-order valence-corrected chi connectivity index (χ0v) is 15.8. The van der Waals surface area contributed by atoms with Gasteiger partial charge in [0.2, 0.25) is 10.0 Å². The number of hydrogen-bond donors (Lipinski definition) is 0. The minimum absolute atomic E-state index is 0.108. The normalized spacial score (nSPS) is 14.9. The predicted octanol–water partition coefficient (Wildman–Crippen LogP) is 4.17. The minimum atomic E-state index is -3.49. The van der Waals surface area contributed by atoms with Crippen LogP contribution in [0.4, 0.5) is 0 Å². The lowest BCUT2D eigenvalue weighted by atomic mass is 10.0. The molecule has 4 nitrogen and oxygen atoms in total. The molecule has 2 aromatic carbocycles. The van der Waals surface area contributed by atoms with Crippen molar-refractivity contribution in [2.75, 3.05) is 7.11 Å². The third kappa shape index (κ3) is 4.05. The van der Waals surface area contributed by atoms with Crippen LogP contribution in [-0.4, -0.2) is 25.9 Å². The zero-order valence-electron chi connectivity index (χ0n) is 15.0. The first-order valence-corrected chi connectivity index (χ1v) is 10.1. The number of ether oxygens (including phenoxy) is 1. The fourth-order valence-electron chi connectivity index (χ4n) is 2.84. The Morgan fingerprint density at radius 1 is 1.04 bits per heavy atom. The first kappa shape index (κ1) is 18.0. The molecule has 0 atom stereocenters. The summed E-state index contributed by atoms with van der Waals surface area (Å²) in [6, 6.07) is 15.0. The molecule has 2 aromatic rings. The third-order valence-corrected chi connectivity index (χ3v) is 6.52. The molecular weight excluding hydrogens is 334 g/mol. The van der Waals surface area contributed by atoms with Crippen molar-refractivity contribution in [3.63, 3.8) is 0 Å². The second kappa shape index (κ2) is 7.18. The van der Waals surface area contributed by atoms with Crippen molar-refractivity contribution in [2.45, 2.75) is 50.1 Å². The second-order valence-corrected chi connectivity index (χ2v) is 8.74. The summed E-state index contributed by atoms with van der Waals surface area (Å²) >= 11 is 0. The fraction of sp³-hybridized carbons (Fsp3) is 0.400. The molecule has 5 heteroatoms. The number of nitrogens with zero attached hydrogens (tertiary/aromatic N) is 1. The Morgan fingerprint density at radius 3 is 2.12 bits per heavy atom. The summed E-state index contributed by atoms with van der Waals surface area (Å²) < 4.78 is 33.1. The number of benzene rings is 2. The van der Waals surface area contributed by atoms with Crippen LogP contribution in [0.2, 0.25) is 0 Å². The third-order valence-electron chi connectivity index (χ3n) is 4.60. The Hall–Kier alpha value is -1.85. The van der Waals surface area contributed by atoms with Crippen LogP contribution in [0.15, 0.2) is 53.4 Å². The average molecular weight is 359 g/mol. The van der Waals surface area contributed by atoms with Crippen LogP contribution >= 0.6 is 0 Å². The van der Waals surface area contributed by atoms with E-state index in [1.807, 2.05) is 36.4 Å². The van der Waals surface area contributed by atoms with Crippen LogP contribution in [0.25, 0.3) is 0 Å². The summed E-state index contributed by atoms with van der Waals surface area (Å²) in [6.07, 6.45) is 1.86. The van der Waals surface area contributed by atoms with Gasteiger partial charge in [-0.2, -0.15) is 4.31 Å². The molecule has 0 saturated heterocycles. The summed E-state index contributed by atoms with van der Waals surface area (Å²) in [6.45, 7) is 4.59. The van der Waals surface area contributed by atoms with E-state index < -0.39 is 10.0 Å². The van der Waals surface area contributed by atoms with E-state index >= 15 is 0 Å². The number of methoxy groups -OCH3 is 1. The predicted molar refractivity (Wildman–Crippen MR) is 99.3 cm³/mol. The molecule has 3 rings (SSSR count). The van der Waals surface area contributed by atoms with Crippen molar-refractivity contribution in [3.05, 3.63) is 59.7 Å². The highest BCUT2D eigenvalue weighted by molar-refractivity contribution is 7.89. The molecule has 134 valence electrons. The van der Waals surface area contributed by atoms with Crippen LogP contribution in [0.1, 0.15) is 43.7 Å². The van der Waals surface area contributed by atoms with Crippen LogP contribution < -0.4 is 4.74 Å². The van der Waals surface area contributed by atoms with E-state index in [0.29, 0.717) is 17.4 Å². The zero-order chi connectivity index (χ0) is 18.0. The lowest BCUT2D eigenvalue weighted by Crippen LogP contribution is -2.32. The maximum Gasteiger partial charge on any atom is 0.243 e. The maximum absolute atomic E-state index is 13.1. The van der Waals surface area contributed by atoms with Crippen molar-refractivity contribution < 1.29 is 13.2 Å². The largest absolute Gasteiger partial charge is 0.497 e. The van der Waals surface area contributed by atoms with Crippen molar-refractivity contribution in [3.8, 4) is 5.75 Å². The van der Waals surface area contributed by atoms with Gasteiger partial charge < -0.3 is 4.74 Å². The summed E-state index contributed by atoms with van der Waals surface area (Å²) in [5, 5.41) is 0. The molecule has 1 fully saturated rings. The van der Waals surface area contributed by atoms with Gasteiger partial charge in [-0.15, -0.1) is 0 Å². The highest BCUT2D eigenvalue weighted by Gasteiger charge is 2.38. The van der Waals surface area contributed by atoms with Crippen LogP contribution in [-0.2, 0) is 16.6 Å². The molecule has 1 saturated carbocycles. The SMILES string of the molecule is COc1ccc(CN(C2CC2)S(=O)(=O)c2ccc(C(C)C)cc2)cc1. The summed E-state index contributed by atoms with van der Waals surface area (Å²) in [5.74, 6) is 1.16. The van der Waals surface area contributed by atoms with Gasteiger partial charge in [-0.3, -0.25) is 0 Å². The van der Waals surface area contributed by atoms with Gasteiger partial charge in [0.15, 0.2) is 0 Å². The molecule has 0 amide bonds. The van der Waals surface area contributed by atoms with Crippen LogP contribution in [0.3, 0.4) is 0 Å². The molecule has 0 unspecified atom stereocenters. The van der Waals surface area contributed by atoms with Gasteiger partial charge in [0.05, 0.1) is 12.0 Å². The topological polar surface area (TPSA) is 46.6 Å². The lowest BCUT2D eigenvalue weighted by molar-refractivity contribution is 0.397. The number of rotatable bonds is 7. The molecule has 25 heavy (non-hydrogen) atoms. The van der Waals surface area contributed by atoms with Crippen LogP contribution in [0.5, 0.6) is 5.75 Å². The Morgan fingerprint density at radius 2 is 1.64 bits per heavy atom. The molecule has 0 heterocycles. The molecule has 0 radical (unpaired) electrons. The molecule has 0 aromatic heterocycles. The monoisotopic (exact) mass is 359 g/mol. The molecular formula is C20H25NO3S. The lowest BCUT2D eigenvalue weighted by Gasteiger charge is -2.22. The Bertz CT molecular complexity index is 807. The highest BCUT2D eigenvalue weighted by atomic mass is 32.2. The van der Waals surface area contributed by atoms with Gasteiger partial charge in [0.25, 0.3) is 0 Å². The van der Waals surface area contributed by atoms with E-state index in [4.69, 9.17) is 4.74 Å². The molecule has 0 spiro atoms. The quantitative estimate of drug-likeness (QED) is 0.745. The minimum Gasteiger partial charge on any atom is -0.497 e. The van der Waals surface area contributed by atoms with Gasteiger partial charge in [-0.1, -0.05) is 38.1 Å². The summed E-state index contributed by atoms with van der Waals surface area (Å²) in [4.78, 5) is 0.373. The average Bonchev–Trinajstić information content (AvgIpc) is 3.45. The van der Waals surface area contributed by atoms with E-state index in [1.54, 1.807) is 23.5 Å². The molecule has 0 N–H and O–H groups in total. The van der Waals surface area contributed by atoms with Gasteiger partial charge in [0, 0.05) is 12.6 Å². The van der Waals surface area contributed by atoms with Crippen molar-refractivity contribution in [1.29, 1.82) is 0 Å². The summed E-state index contributed by atoms with van der Waals surface area (Å²) in [5.41, 5.74) is 2.11. The van der Waals surface area contributed by atoms with Gasteiger partial charge in [-0.05, 0) is 54.2 Å². The Kier molecular flexibility index (Phi) is 5.16. The fourth-order valence-corrected chi connectivity index (χ4v) is 4.52. The first-order chi connectivity index (χ1) is 11.9. The molecule has 0 bridgehead atoms. The first-order valence-electron chi connectivity index (χ1n) is 8.66. The molecule has 1 aliphatic carbocycles. The van der Waals surface area contributed by atoms with Crippen molar-refractivity contribution in [1.82, 2.24) is 4.31 Å². The maximum atomic E-state index is 13.1. The highest BCUT2D eigenvalue weighted by Crippen LogP contribution is 2.34. The van der Waals surface area contributed by atoms with Gasteiger partial charge in [-0.25, -0.2) is 8.42 Å². The molecule has 1 aliphatic rings.